The molecule has 0 atom stereocenters. The van der Waals surface area contributed by atoms with Crippen molar-refractivity contribution in [2.24, 2.45) is 0 Å². The summed E-state index contributed by atoms with van der Waals surface area (Å²) < 4.78 is 39.8. The lowest BCUT2D eigenvalue weighted by Gasteiger charge is -2.33. The van der Waals surface area contributed by atoms with Crippen molar-refractivity contribution < 1.29 is 17.6 Å². The van der Waals surface area contributed by atoms with Crippen LogP contribution in [0.15, 0.2) is 59.5 Å². The topological polar surface area (TPSA) is 69.7 Å². The normalized spacial score (nSPS) is 16.2. The van der Waals surface area contributed by atoms with Gasteiger partial charge in [-0.3, -0.25) is 9.69 Å². The van der Waals surface area contributed by atoms with E-state index in [1.54, 1.807) is 36.4 Å². The third kappa shape index (κ3) is 4.91. The van der Waals surface area contributed by atoms with E-state index in [0.717, 1.165) is 0 Å². The van der Waals surface area contributed by atoms with E-state index >= 15 is 0 Å². The summed E-state index contributed by atoms with van der Waals surface area (Å²) in [6.45, 7) is 3.05. The molecule has 1 saturated heterocycles. The standard InChI is InChI=1S/C19H22FN3O3S/c20-17-6-4-5-16(15-17)19(24)21-9-10-22-11-13-23(14-12-22)27(25,26)18-7-2-1-3-8-18/h1-8,15H,9-14H2,(H,21,24). The van der Waals surface area contributed by atoms with Crippen LogP contribution in [0.3, 0.4) is 0 Å². The number of hydrogen-bond donors (Lipinski definition) is 1. The molecular formula is C19H22FN3O3S. The molecule has 0 bridgehead atoms. The highest BCUT2D eigenvalue weighted by molar-refractivity contribution is 7.89. The van der Waals surface area contributed by atoms with Gasteiger partial charge in [0.15, 0.2) is 0 Å². The summed E-state index contributed by atoms with van der Waals surface area (Å²) >= 11 is 0. The maximum atomic E-state index is 13.2. The molecule has 0 unspecified atom stereocenters. The Morgan fingerprint density at radius 1 is 1.00 bits per heavy atom. The van der Waals surface area contributed by atoms with Crippen LogP contribution in [-0.2, 0) is 10.0 Å². The highest BCUT2D eigenvalue weighted by Crippen LogP contribution is 2.17. The van der Waals surface area contributed by atoms with Gasteiger partial charge in [-0.15, -0.1) is 0 Å². The molecule has 27 heavy (non-hydrogen) atoms. The number of halogens is 1. The molecule has 6 nitrogen and oxygen atoms in total. The number of carbonyl (C=O) groups excluding carboxylic acids is 1. The molecule has 1 N–H and O–H groups in total. The Hall–Kier alpha value is -2.29. The van der Waals surface area contributed by atoms with E-state index in [9.17, 15) is 17.6 Å². The fourth-order valence-electron chi connectivity index (χ4n) is 2.99. The number of amides is 1. The largest absolute Gasteiger partial charge is 0.351 e. The second kappa shape index (κ2) is 8.60. The number of benzene rings is 2. The molecule has 0 saturated carbocycles. The highest BCUT2D eigenvalue weighted by atomic mass is 32.2. The molecule has 0 spiro atoms. The van der Waals surface area contributed by atoms with Gasteiger partial charge in [0, 0.05) is 44.8 Å². The van der Waals surface area contributed by atoms with Gasteiger partial charge in [-0.1, -0.05) is 24.3 Å². The summed E-state index contributed by atoms with van der Waals surface area (Å²) in [4.78, 5) is 14.4. The van der Waals surface area contributed by atoms with Crippen molar-refractivity contribution in [1.82, 2.24) is 14.5 Å². The zero-order valence-electron chi connectivity index (χ0n) is 14.8. The van der Waals surface area contributed by atoms with Crippen LogP contribution < -0.4 is 5.32 Å². The molecule has 144 valence electrons. The number of nitrogens with one attached hydrogen (secondary N) is 1. The molecule has 1 amide bonds. The van der Waals surface area contributed by atoms with Gasteiger partial charge < -0.3 is 5.32 Å². The lowest BCUT2D eigenvalue weighted by molar-refractivity contribution is 0.0944. The number of hydrogen-bond acceptors (Lipinski definition) is 4. The van der Waals surface area contributed by atoms with Crippen LogP contribution in [0.1, 0.15) is 10.4 Å². The van der Waals surface area contributed by atoms with Crippen LogP contribution >= 0.6 is 0 Å². The fraction of sp³-hybridized carbons (Fsp3) is 0.316. The molecular weight excluding hydrogens is 369 g/mol. The third-order valence-corrected chi connectivity index (χ3v) is 6.43. The molecule has 0 aromatic heterocycles. The Bertz CT molecular complexity index is 882. The average Bonchev–Trinajstić information content (AvgIpc) is 2.69. The number of rotatable bonds is 6. The lowest BCUT2D eigenvalue weighted by atomic mass is 10.2. The van der Waals surface area contributed by atoms with Gasteiger partial charge in [-0.2, -0.15) is 4.31 Å². The van der Waals surface area contributed by atoms with Crippen molar-refractivity contribution in [3.8, 4) is 0 Å². The van der Waals surface area contributed by atoms with Crippen LogP contribution in [0.4, 0.5) is 4.39 Å². The summed E-state index contributed by atoms with van der Waals surface area (Å²) in [6, 6.07) is 14.0. The van der Waals surface area contributed by atoms with E-state index < -0.39 is 15.8 Å². The van der Waals surface area contributed by atoms with E-state index in [1.165, 1.54) is 22.5 Å². The number of carbonyl (C=O) groups is 1. The van der Waals surface area contributed by atoms with Gasteiger partial charge in [-0.05, 0) is 30.3 Å². The van der Waals surface area contributed by atoms with E-state index in [1.807, 2.05) is 0 Å². The molecule has 8 heteroatoms. The zero-order valence-corrected chi connectivity index (χ0v) is 15.7. The van der Waals surface area contributed by atoms with Crippen LogP contribution in [0, 0.1) is 5.82 Å². The van der Waals surface area contributed by atoms with Crippen molar-refractivity contribution in [3.05, 3.63) is 66.0 Å². The lowest BCUT2D eigenvalue weighted by Crippen LogP contribution is -2.50. The van der Waals surface area contributed by atoms with Crippen LogP contribution in [-0.4, -0.2) is 62.8 Å². The van der Waals surface area contributed by atoms with Crippen molar-refractivity contribution in [1.29, 1.82) is 0 Å². The van der Waals surface area contributed by atoms with Crippen molar-refractivity contribution in [3.63, 3.8) is 0 Å². The number of piperazine rings is 1. The monoisotopic (exact) mass is 391 g/mol. The Labute approximate surface area is 158 Å². The Morgan fingerprint density at radius 3 is 2.37 bits per heavy atom. The molecule has 0 aliphatic carbocycles. The Kier molecular flexibility index (Phi) is 6.20. The Morgan fingerprint density at radius 2 is 1.70 bits per heavy atom. The van der Waals surface area contributed by atoms with Gasteiger partial charge in [0.1, 0.15) is 5.82 Å². The summed E-state index contributed by atoms with van der Waals surface area (Å²) in [7, 11) is -3.46. The van der Waals surface area contributed by atoms with Gasteiger partial charge in [0.2, 0.25) is 10.0 Å². The molecule has 1 fully saturated rings. The smallest absolute Gasteiger partial charge is 0.251 e. The third-order valence-electron chi connectivity index (χ3n) is 4.51. The Balaban J connectivity index is 1.45. The molecule has 1 heterocycles. The first-order chi connectivity index (χ1) is 13.0. The zero-order chi connectivity index (χ0) is 19.3. The average molecular weight is 391 g/mol. The van der Waals surface area contributed by atoms with Crippen molar-refractivity contribution >= 4 is 15.9 Å². The summed E-state index contributed by atoms with van der Waals surface area (Å²) in [6.07, 6.45) is 0. The van der Waals surface area contributed by atoms with Crippen LogP contribution in [0.2, 0.25) is 0 Å². The molecule has 1 aliphatic rings. The predicted octanol–water partition coefficient (Wildman–Crippen LogP) is 1.56. The molecule has 1 aliphatic heterocycles. The highest BCUT2D eigenvalue weighted by Gasteiger charge is 2.28. The summed E-state index contributed by atoms with van der Waals surface area (Å²) in [5, 5.41) is 2.76. The van der Waals surface area contributed by atoms with E-state index in [-0.39, 0.29) is 11.5 Å². The quantitative estimate of drug-likeness (QED) is 0.812. The minimum Gasteiger partial charge on any atom is -0.351 e. The van der Waals surface area contributed by atoms with E-state index in [2.05, 4.69) is 10.2 Å². The van der Waals surface area contributed by atoms with Gasteiger partial charge in [0.05, 0.1) is 4.90 Å². The minimum absolute atomic E-state index is 0.286. The molecule has 2 aromatic rings. The fourth-order valence-corrected chi connectivity index (χ4v) is 4.44. The minimum atomic E-state index is -3.46. The summed E-state index contributed by atoms with van der Waals surface area (Å²) in [5.74, 6) is -0.766. The molecule has 2 aromatic carbocycles. The molecule has 3 rings (SSSR count). The van der Waals surface area contributed by atoms with E-state index in [4.69, 9.17) is 0 Å². The van der Waals surface area contributed by atoms with Crippen molar-refractivity contribution in [2.75, 3.05) is 39.3 Å². The predicted molar refractivity (Wildman–Crippen MR) is 100 cm³/mol. The van der Waals surface area contributed by atoms with Crippen LogP contribution in [0.5, 0.6) is 0 Å². The first kappa shape index (κ1) is 19.5. The van der Waals surface area contributed by atoms with Gasteiger partial charge in [-0.25, -0.2) is 12.8 Å². The summed E-state index contributed by atoms with van der Waals surface area (Å²) in [5.41, 5.74) is 0.286. The second-order valence-corrected chi connectivity index (χ2v) is 8.26. The van der Waals surface area contributed by atoms with Crippen LogP contribution in [0.25, 0.3) is 0 Å². The first-order valence-corrected chi connectivity index (χ1v) is 10.2. The second-order valence-electron chi connectivity index (χ2n) is 6.33. The van der Waals surface area contributed by atoms with E-state index in [0.29, 0.717) is 44.2 Å². The number of nitrogens with zero attached hydrogens (tertiary/aromatic N) is 2. The maximum Gasteiger partial charge on any atom is 0.251 e. The van der Waals surface area contributed by atoms with Crippen molar-refractivity contribution in [2.45, 2.75) is 4.90 Å². The SMILES string of the molecule is O=C(NCCN1CCN(S(=O)(=O)c2ccccc2)CC1)c1cccc(F)c1. The first-order valence-electron chi connectivity index (χ1n) is 8.78. The van der Waals surface area contributed by atoms with Gasteiger partial charge >= 0.3 is 0 Å². The van der Waals surface area contributed by atoms with Gasteiger partial charge in [0.25, 0.3) is 5.91 Å². The molecule has 0 radical (unpaired) electrons. The maximum absolute atomic E-state index is 13.2. The number of sulfonamides is 1.